The van der Waals surface area contributed by atoms with Crippen LogP contribution in [0, 0.1) is 6.92 Å². The van der Waals surface area contributed by atoms with Crippen LogP contribution in [0.5, 0.6) is 0 Å². The largest absolute Gasteiger partial charge is 0.311 e. The van der Waals surface area contributed by atoms with Crippen molar-refractivity contribution in [2.24, 2.45) is 0 Å². The fourth-order valence-electron chi connectivity index (χ4n) is 3.41. The maximum atomic E-state index is 12.5. The predicted molar refractivity (Wildman–Crippen MR) is 122 cm³/mol. The number of hydrogen-bond acceptors (Lipinski definition) is 6. The van der Waals surface area contributed by atoms with Gasteiger partial charge in [-0.1, -0.05) is 59.9 Å². The number of carbonyl (C=O) groups excluding carboxylic acids is 2. The van der Waals surface area contributed by atoms with E-state index in [4.69, 9.17) is 0 Å². The maximum Gasteiger partial charge on any atom is 0.236 e. The Bertz CT molecular complexity index is 1040. The van der Waals surface area contributed by atoms with Crippen molar-refractivity contribution >= 4 is 45.7 Å². The van der Waals surface area contributed by atoms with Crippen LogP contribution in [-0.2, 0) is 15.3 Å². The Hall–Kier alpha value is -2.71. The molecule has 2 heterocycles. The highest BCUT2D eigenvalue weighted by Gasteiger charge is 2.34. The Labute approximate surface area is 183 Å². The van der Waals surface area contributed by atoms with Crippen molar-refractivity contribution in [2.75, 3.05) is 22.5 Å². The van der Waals surface area contributed by atoms with Crippen LogP contribution in [-0.4, -0.2) is 34.3 Å². The smallest absolute Gasteiger partial charge is 0.236 e. The van der Waals surface area contributed by atoms with Gasteiger partial charge in [0.05, 0.1) is 5.75 Å². The van der Waals surface area contributed by atoms with E-state index in [0.717, 1.165) is 22.0 Å². The minimum atomic E-state index is -0.0948. The van der Waals surface area contributed by atoms with Crippen LogP contribution in [0.2, 0.25) is 0 Å². The zero-order valence-corrected chi connectivity index (χ0v) is 18.2. The first-order valence-electron chi connectivity index (χ1n) is 9.71. The van der Waals surface area contributed by atoms with Crippen LogP contribution >= 0.6 is 23.1 Å². The summed E-state index contributed by atoms with van der Waals surface area (Å²) in [6, 6.07) is 17.9. The molecule has 1 aromatic heterocycles. The predicted octanol–water partition coefficient (Wildman–Crippen LogP) is 4.24. The van der Waals surface area contributed by atoms with Gasteiger partial charge in [0.15, 0.2) is 0 Å². The molecule has 8 heteroatoms. The van der Waals surface area contributed by atoms with Gasteiger partial charge in [-0.15, -0.1) is 22.0 Å². The molecule has 2 amide bonds. The molecule has 1 saturated heterocycles. The summed E-state index contributed by atoms with van der Waals surface area (Å²) in [6.07, 6.45) is 0.407. The summed E-state index contributed by atoms with van der Waals surface area (Å²) in [5.74, 6) is 1.13. The lowest BCUT2D eigenvalue weighted by Gasteiger charge is -2.18. The van der Waals surface area contributed by atoms with Crippen LogP contribution in [0.4, 0.5) is 10.8 Å². The van der Waals surface area contributed by atoms with Crippen LogP contribution in [0.3, 0.4) is 0 Å². The Morgan fingerprint density at radius 2 is 1.93 bits per heavy atom. The first-order valence-corrected chi connectivity index (χ1v) is 11.7. The maximum absolute atomic E-state index is 12.5. The molecule has 6 nitrogen and oxygen atoms in total. The average molecular weight is 439 g/mol. The number of aryl methyl sites for hydroxylation is 1. The van der Waals surface area contributed by atoms with Crippen molar-refractivity contribution < 1.29 is 9.59 Å². The van der Waals surface area contributed by atoms with Gasteiger partial charge in [0.25, 0.3) is 0 Å². The van der Waals surface area contributed by atoms with E-state index in [-0.39, 0.29) is 17.7 Å². The molecular formula is C22H22N4O2S2. The van der Waals surface area contributed by atoms with Gasteiger partial charge in [0.2, 0.25) is 16.9 Å². The summed E-state index contributed by atoms with van der Waals surface area (Å²) >= 11 is 2.91. The Balaban J connectivity index is 1.31. The molecule has 1 aliphatic rings. The topological polar surface area (TPSA) is 75.2 Å². The Morgan fingerprint density at radius 1 is 1.17 bits per heavy atom. The molecule has 154 valence electrons. The molecule has 1 N–H and O–H groups in total. The Morgan fingerprint density at radius 3 is 2.73 bits per heavy atom. The quantitative estimate of drug-likeness (QED) is 0.597. The highest BCUT2D eigenvalue weighted by molar-refractivity contribution is 7.99. The Kier molecular flexibility index (Phi) is 6.44. The van der Waals surface area contributed by atoms with Crippen molar-refractivity contribution in [1.29, 1.82) is 0 Å². The summed E-state index contributed by atoms with van der Waals surface area (Å²) < 4.78 is 0. The highest BCUT2D eigenvalue weighted by Crippen LogP contribution is 2.35. The zero-order chi connectivity index (χ0) is 20.9. The number of rotatable bonds is 7. The van der Waals surface area contributed by atoms with Gasteiger partial charge < -0.3 is 4.90 Å². The van der Waals surface area contributed by atoms with Gasteiger partial charge in [-0.3, -0.25) is 14.9 Å². The number of nitrogens with one attached hydrogen (secondary N) is 1. The number of benzene rings is 2. The van der Waals surface area contributed by atoms with E-state index in [0.29, 0.717) is 23.8 Å². The zero-order valence-electron chi connectivity index (χ0n) is 16.6. The van der Waals surface area contributed by atoms with E-state index >= 15 is 0 Å². The van der Waals surface area contributed by atoms with Gasteiger partial charge in [0, 0.05) is 30.3 Å². The number of nitrogens with zero attached hydrogens (tertiary/aromatic N) is 3. The average Bonchev–Trinajstić information content (AvgIpc) is 3.36. The second-order valence-electron chi connectivity index (χ2n) is 7.16. The van der Waals surface area contributed by atoms with E-state index in [1.807, 2.05) is 66.4 Å². The first kappa shape index (κ1) is 20.6. The molecule has 1 unspecified atom stereocenters. The van der Waals surface area contributed by atoms with Crippen molar-refractivity contribution in [3.63, 3.8) is 0 Å². The normalized spacial score (nSPS) is 16.1. The summed E-state index contributed by atoms with van der Waals surface area (Å²) in [5, 5.41) is 12.4. The molecule has 1 fully saturated rings. The minimum Gasteiger partial charge on any atom is -0.311 e. The number of hydrogen-bond donors (Lipinski definition) is 1. The molecule has 1 atom stereocenters. The van der Waals surface area contributed by atoms with Gasteiger partial charge in [-0.25, -0.2) is 0 Å². The molecular weight excluding hydrogens is 416 g/mol. The van der Waals surface area contributed by atoms with Gasteiger partial charge in [0.1, 0.15) is 5.01 Å². The molecule has 0 saturated carbocycles. The standard InChI is InChI=1S/C22H22N4O2S2/c1-15-7-5-6-10-18(15)26-12-17(11-20(26)28)21-24-25-22(30-21)23-19(27)14-29-13-16-8-3-2-4-9-16/h2-10,17H,11-14H2,1H3,(H,23,25,27). The molecule has 4 rings (SSSR count). The van der Waals surface area contributed by atoms with Gasteiger partial charge in [-0.2, -0.15) is 0 Å². The van der Waals surface area contributed by atoms with E-state index in [1.165, 1.54) is 16.9 Å². The summed E-state index contributed by atoms with van der Waals surface area (Å²) in [7, 11) is 0. The van der Waals surface area contributed by atoms with Crippen molar-refractivity contribution in [3.8, 4) is 0 Å². The first-order chi connectivity index (χ1) is 14.6. The lowest BCUT2D eigenvalue weighted by Crippen LogP contribution is -2.25. The third-order valence-corrected chi connectivity index (χ3v) is 6.92. The monoisotopic (exact) mass is 438 g/mol. The summed E-state index contributed by atoms with van der Waals surface area (Å²) in [4.78, 5) is 26.6. The fraction of sp³-hybridized carbons (Fsp3) is 0.273. The SMILES string of the molecule is Cc1ccccc1N1CC(c2nnc(NC(=O)CSCc3ccccc3)s2)CC1=O. The molecule has 0 bridgehead atoms. The molecule has 1 aliphatic heterocycles. The van der Waals surface area contributed by atoms with E-state index in [9.17, 15) is 9.59 Å². The lowest BCUT2D eigenvalue weighted by molar-refractivity contribution is -0.117. The number of thioether (sulfide) groups is 1. The van der Waals surface area contributed by atoms with Gasteiger partial charge >= 0.3 is 0 Å². The molecule has 0 radical (unpaired) electrons. The van der Waals surface area contributed by atoms with Crippen LogP contribution in [0.15, 0.2) is 54.6 Å². The molecule has 30 heavy (non-hydrogen) atoms. The van der Waals surface area contributed by atoms with Crippen LogP contribution in [0.25, 0.3) is 0 Å². The fourth-order valence-corrected chi connectivity index (χ4v) is 5.05. The van der Waals surface area contributed by atoms with Crippen molar-refractivity contribution in [2.45, 2.75) is 25.0 Å². The van der Waals surface area contributed by atoms with Crippen LogP contribution < -0.4 is 10.2 Å². The number of carbonyl (C=O) groups is 2. The van der Waals surface area contributed by atoms with E-state index in [2.05, 4.69) is 15.5 Å². The summed E-state index contributed by atoms with van der Waals surface area (Å²) in [6.45, 7) is 2.59. The van der Waals surface area contributed by atoms with Crippen LogP contribution in [0.1, 0.15) is 28.5 Å². The third-order valence-electron chi connectivity index (χ3n) is 4.91. The third kappa shape index (κ3) is 4.88. The van der Waals surface area contributed by atoms with E-state index < -0.39 is 0 Å². The van der Waals surface area contributed by atoms with E-state index in [1.54, 1.807) is 11.8 Å². The van der Waals surface area contributed by atoms with Gasteiger partial charge in [-0.05, 0) is 24.1 Å². The number of para-hydroxylation sites is 1. The second kappa shape index (κ2) is 9.40. The molecule has 0 aliphatic carbocycles. The summed E-state index contributed by atoms with van der Waals surface area (Å²) in [5.41, 5.74) is 3.21. The van der Waals surface area contributed by atoms with Crippen molar-refractivity contribution in [3.05, 3.63) is 70.7 Å². The number of amides is 2. The van der Waals surface area contributed by atoms with Crippen molar-refractivity contribution in [1.82, 2.24) is 10.2 Å². The molecule has 3 aromatic rings. The lowest BCUT2D eigenvalue weighted by atomic mass is 10.1. The number of anilines is 2. The molecule has 0 spiro atoms. The molecule has 2 aromatic carbocycles. The second-order valence-corrected chi connectivity index (χ2v) is 9.16. The minimum absolute atomic E-state index is 0.00675. The number of aromatic nitrogens is 2. The highest BCUT2D eigenvalue weighted by atomic mass is 32.2.